The first-order valence-electron chi connectivity index (χ1n) is 5.57. The van der Waals surface area contributed by atoms with Gasteiger partial charge in [-0.2, -0.15) is 15.1 Å². The third-order valence-electron chi connectivity index (χ3n) is 2.54. The monoisotopic (exact) mass is 249 g/mol. The van der Waals surface area contributed by atoms with Gasteiger partial charge in [0.25, 0.3) is 0 Å². The Hall–Kier alpha value is -2.38. The Morgan fingerprint density at radius 2 is 2.33 bits per heavy atom. The molecule has 0 aromatic carbocycles. The zero-order valence-electron chi connectivity index (χ0n) is 10.3. The van der Waals surface area contributed by atoms with Crippen LogP contribution in [0.3, 0.4) is 0 Å². The number of rotatable bonds is 5. The lowest BCUT2D eigenvalue weighted by atomic mass is 10.3. The molecule has 1 amide bonds. The zero-order valence-corrected chi connectivity index (χ0v) is 10.3. The van der Waals surface area contributed by atoms with E-state index in [-0.39, 0.29) is 6.54 Å². The van der Waals surface area contributed by atoms with Gasteiger partial charge in [-0.05, 0) is 6.92 Å². The first kappa shape index (κ1) is 12.1. The molecule has 18 heavy (non-hydrogen) atoms. The first-order chi connectivity index (χ1) is 8.65. The molecule has 0 aliphatic carbocycles. The van der Waals surface area contributed by atoms with Crippen LogP contribution < -0.4 is 16.0 Å². The minimum atomic E-state index is -0.405. The number of nitrogens with zero attached hydrogens (tertiary/aromatic N) is 4. The van der Waals surface area contributed by atoms with E-state index in [2.05, 4.69) is 25.5 Å². The fourth-order valence-electron chi connectivity index (χ4n) is 1.70. The van der Waals surface area contributed by atoms with Crippen molar-refractivity contribution in [1.29, 1.82) is 0 Å². The molecule has 2 rings (SSSR count). The average Bonchev–Trinajstić information content (AvgIpc) is 2.82. The van der Waals surface area contributed by atoms with E-state index in [1.165, 1.54) is 0 Å². The number of nitrogens with two attached hydrogens (primary N) is 1. The highest BCUT2D eigenvalue weighted by Crippen LogP contribution is 2.23. The summed E-state index contributed by atoms with van der Waals surface area (Å²) in [5.74, 6) is 0.696. The summed E-state index contributed by atoms with van der Waals surface area (Å²) in [6.45, 7) is 2.65. The molecule has 2 aromatic heterocycles. The SMILES string of the molecule is CCN(CC(N)=O)c1nc(NC)nc2[nH]ncc12. The van der Waals surface area contributed by atoms with E-state index in [0.29, 0.717) is 24.0 Å². The summed E-state index contributed by atoms with van der Waals surface area (Å²) in [5, 5.41) is 10.3. The molecular formula is C10H15N7O. The quantitative estimate of drug-likeness (QED) is 0.671. The molecule has 0 unspecified atom stereocenters. The van der Waals surface area contributed by atoms with Crippen molar-refractivity contribution in [1.82, 2.24) is 20.2 Å². The van der Waals surface area contributed by atoms with Gasteiger partial charge >= 0.3 is 0 Å². The molecule has 8 heteroatoms. The van der Waals surface area contributed by atoms with E-state index in [0.717, 1.165) is 5.39 Å². The summed E-state index contributed by atoms with van der Waals surface area (Å²) in [4.78, 5) is 21.4. The summed E-state index contributed by atoms with van der Waals surface area (Å²) in [6.07, 6.45) is 1.63. The van der Waals surface area contributed by atoms with Crippen LogP contribution in [-0.2, 0) is 4.79 Å². The molecule has 0 saturated carbocycles. The highest BCUT2D eigenvalue weighted by atomic mass is 16.1. The summed E-state index contributed by atoms with van der Waals surface area (Å²) >= 11 is 0. The highest BCUT2D eigenvalue weighted by molar-refractivity contribution is 5.90. The van der Waals surface area contributed by atoms with Crippen LogP contribution in [0.4, 0.5) is 11.8 Å². The Kier molecular flexibility index (Phi) is 3.26. The second-order valence-corrected chi connectivity index (χ2v) is 3.73. The molecule has 0 aliphatic heterocycles. The van der Waals surface area contributed by atoms with Gasteiger partial charge in [-0.25, -0.2) is 0 Å². The molecule has 0 aliphatic rings. The topological polar surface area (TPSA) is 113 Å². The molecule has 0 bridgehead atoms. The fourth-order valence-corrected chi connectivity index (χ4v) is 1.70. The molecular weight excluding hydrogens is 234 g/mol. The van der Waals surface area contributed by atoms with Crippen molar-refractivity contribution in [3.63, 3.8) is 0 Å². The van der Waals surface area contributed by atoms with Gasteiger partial charge in [0.1, 0.15) is 5.82 Å². The largest absolute Gasteiger partial charge is 0.368 e. The van der Waals surface area contributed by atoms with Crippen molar-refractivity contribution >= 4 is 28.7 Å². The normalized spacial score (nSPS) is 10.6. The van der Waals surface area contributed by atoms with Crippen LogP contribution in [0.15, 0.2) is 6.20 Å². The van der Waals surface area contributed by atoms with Crippen LogP contribution in [0, 0.1) is 0 Å². The van der Waals surface area contributed by atoms with E-state index in [4.69, 9.17) is 5.73 Å². The first-order valence-corrected chi connectivity index (χ1v) is 5.57. The molecule has 0 spiro atoms. The van der Waals surface area contributed by atoms with Gasteiger partial charge in [0, 0.05) is 13.6 Å². The van der Waals surface area contributed by atoms with Crippen molar-refractivity contribution in [3.05, 3.63) is 6.20 Å². The number of amides is 1. The molecule has 4 N–H and O–H groups in total. The number of H-pyrrole nitrogens is 1. The number of nitrogens with one attached hydrogen (secondary N) is 2. The minimum absolute atomic E-state index is 0.108. The fraction of sp³-hybridized carbons (Fsp3) is 0.400. The Morgan fingerprint density at radius 3 is 2.94 bits per heavy atom. The van der Waals surface area contributed by atoms with Gasteiger partial charge in [-0.15, -0.1) is 0 Å². The van der Waals surface area contributed by atoms with E-state index < -0.39 is 5.91 Å². The molecule has 0 saturated heterocycles. The van der Waals surface area contributed by atoms with Gasteiger partial charge in [0.05, 0.1) is 18.1 Å². The van der Waals surface area contributed by atoms with E-state index in [1.807, 2.05) is 6.92 Å². The van der Waals surface area contributed by atoms with Gasteiger partial charge in [-0.3, -0.25) is 9.89 Å². The number of carbonyl (C=O) groups is 1. The third kappa shape index (κ3) is 2.17. The van der Waals surface area contributed by atoms with Gasteiger partial charge in [0.2, 0.25) is 11.9 Å². The maximum Gasteiger partial charge on any atom is 0.236 e. The predicted octanol–water partition coefficient (Wildman–Crippen LogP) is -0.294. The Morgan fingerprint density at radius 1 is 1.56 bits per heavy atom. The van der Waals surface area contributed by atoms with Gasteiger partial charge in [0.15, 0.2) is 5.65 Å². The maximum absolute atomic E-state index is 11.1. The van der Waals surface area contributed by atoms with Crippen molar-refractivity contribution in [2.45, 2.75) is 6.92 Å². The maximum atomic E-state index is 11.1. The number of hydrogen-bond donors (Lipinski definition) is 3. The number of carbonyl (C=O) groups excluding carboxylic acids is 1. The van der Waals surface area contributed by atoms with Crippen LogP contribution in [-0.4, -0.2) is 46.2 Å². The minimum Gasteiger partial charge on any atom is -0.368 e. The number of hydrogen-bond acceptors (Lipinski definition) is 6. The van der Waals surface area contributed by atoms with E-state index in [9.17, 15) is 4.79 Å². The number of likely N-dealkylation sites (N-methyl/N-ethyl adjacent to an activating group) is 1. The second kappa shape index (κ2) is 4.86. The number of primary amides is 1. The summed E-state index contributed by atoms with van der Waals surface area (Å²) in [7, 11) is 1.73. The Labute approximate surface area is 104 Å². The standard InChI is InChI=1S/C10H15N7O/c1-3-17(5-7(11)18)9-6-4-13-16-8(6)14-10(12-2)15-9/h4H,3,5H2,1-2H3,(H2,11,18)(H2,12,13,14,15,16). The van der Waals surface area contributed by atoms with Crippen LogP contribution >= 0.6 is 0 Å². The van der Waals surface area contributed by atoms with Crippen molar-refractivity contribution in [2.24, 2.45) is 5.73 Å². The summed E-state index contributed by atoms with van der Waals surface area (Å²) < 4.78 is 0. The lowest BCUT2D eigenvalue weighted by Gasteiger charge is -2.20. The average molecular weight is 249 g/mol. The van der Waals surface area contributed by atoms with Crippen LogP contribution in [0.5, 0.6) is 0 Å². The highest BCUT2D eigenvalue weighted by Gasteiger charge is 2.15. The summed E-state index contributed by atoms with van der Waals surface area (Å²) in [5.41, 5.74) is 5.85. The lowest BCUT2D eigenvalue weighted by Crippen LogP contribution is -2.34. The van der Waals surface area contributed by atoms with Crippen LogP contribution in [0.25, 0.3) is 11.0 Å². The number of aromatic amines is 1. The Balaban J connectivity index is 2.52. The molecule has 0 fully saturated rings. The number of anilines is 2. The van der Waals surface area contributed by atoms with E-state index >= 15 is 0 Å². The van der Waals surface area contributed by atoms with E-state index in [1.54, 1.807) is 18.1 Å². The second-order valence-electron chi connectivity index (χ2n) is 3.73. The van der Waals surface area contributed by atoms with Crippen LogP contribution in [0.1, 0.15) is 6.92 Å². The molecule has 8 nitrogen and oxygen atoms in total. The predicted molar refractivity (Wildman–Crippen MR) is 68.3 cm³/mol. The molecule has 2 aromatic rings. The Bertz CT molecular complexity index is 564. The van der Waals surface area contributed by atoms with Crippen molar-refractivity contribution < 1.29 is 4.79 Å². The van der Waals surface area contributed by atoms with Crippen LogP contribution in [0.2, 0.25) is 0 Å². The molecule has 96 valence electrons. The van der Waals surface area contributed by atoms with Gasteiger partial charge < -0.3 is 16.0 Å². The molecule has 0 radical (unpaired) electrons. The molecule has 2 heterocycles. The smallest absolute Gasteiger partial charge is 0.236 e. The van der Waals surface area contributed by atoms with Gasteiger partial charge in [-0.1, -0.05) is 0 Å². The van der Waals surface area contributed by atoms with Crippen molar-refractivity contribution in [2.75, 3.05) is 30.4 Å². The lowest BCUT2D eigenvalue weighted by molar-refractivity contribution is -0.116. The van der Waals surface area contributed by atoms with Crippen molar-refractivity contribution in [3.8, 4) is 0 Å². The zero-order chi connectivity index (χ0) is 13.1. The third-order valence-corrected chi connectivity index (χ3v) is 2.54. The number of fused-ring (bicyclic) bond motifs is 1. The summed E-state index contributed by atoms with van der Waals surface area (Å²) in [6, 6.07) is 0. The molecule has 0 atom stereocenters. The number of aromatic nitrogens is 4.